The normalized spacial score (nSPS) is 28.5. The number of azide groups is 1. The third-order valence-electron chi connectivity index (χ3n) is 5.84. The van der Waals surface area contributed by atoms with E-state index in [9.17, 15) is 5.53 Å². The number of fused-ring (bicyclic) bond motifs is 1. The summed E-state index contributed by atoms with van der Waals surface area (Å²) in [4.78, 5) is 4.16. The minimum Gasteiger partial charge on any atom is -0.370 e. The van der Waals surface area contributed by atoms with Gasteiger partial charge in [-0.2, -0.15) is 0 Å². The number of hydrogen-bond acceptors (Lipinski definition) is 6. The zero-order chi connectivity index (χ0) is 23.2. The summed E-state index contributed by atoms with van der Waals surface area (Å²) in [5, 5.41) is 4.13. The average molecular weight is 476 g/mol. The van der Waals surface area contributed by atoms with Crippen LogP contribution in [0.4, 0.5) is 0 Å². The van der Waals surface area contributed by atoms with Crippen molar-refractivity contribution in [1.82, 2.24) is 0 Å². The summed E-state index contributed by atoms with van der Waals surface area (Å²) >= 11 is 1.51. The van der Waals surface area contributed by atoms with Gasteiger partial charge in [0.15, 0.2) is 6.29 Å². The standard InChI is InChI=1S/C26H25N3O4S/c27-29-28-22-24(30-16-18-10-4-1-5-11-18)23-21(32-26(22)34-20-14-8-3-9-15-20)17-31-25(33-23)19-12-6-2-7-13-19/h1-15,21-26H,16-17H2/t21?,22?,23-,24-,25-,26-/m0/s1. The summed E-state index contributed by atoms with van der Waals surface area (Å²) in [7, 11) is 0. The van der Waals surface area contributed by atoms with Gasteiger partial charge in [-0.1, -0.05) is 95.7 Å². The summed E-state index contributed by atoms with van der Waals surface area (Å²) in [5.41, 5.74) is 10.9. The van der Waals surface area contributed by atoms with Crippen LogP contribution in [-0.4, -0.2) is 36.4 Å². The van der Waals surface area contributed by atoms with Gasteiger partial charge in [0.05, 0.1) is 19.3 Å². The Bertz CT molecular complexity index is 1100. The lowest BCUT2D eigenvalue weighted by atomic mass is 9.97. The molecule has 0 spiro atoms. The second-order valence-corrected chi connectivity index (χ2v) is 9.28. The van der Waals surface area contributed by atoms with E-state index in [0.717, 1.165) is 16.0 Å². The number of benzene rings is 3. The molecule has 2 saturated heterocycles. The Balaban J connectivity index is 1.43. The minimum atomic E-state index is -0.588. The minimum absolute atomic E-state index is 0.351. The summed E-state index contributed by atoms with van der Waals surface area (Å²) in [6, 6.07) is 29.0. The van der Waals surface area contributed by atoms with E-state index in [-0.39, 0.29) is 6.10 Å². The third kappa shape index (κ3) is 5.28. The maximum Gasteiger partial charge on any atom is 0.184 e. The highest BCUT2D eigenvalue weighted by molar-refractivity contribution is 7.99. The second kappa shape index (κ2) is 11.1. The van der Waals surface area contributed by atoms with Crippen LogP contribution in [0.15, 0.2) is 101 Å². The van der Waals surface area contributed by atoms with Crippen LogP contribution in [0, 0.1) is 0 Å². The van der Waals surface area contributed by atoms with E-state index in [4.69, 9.17) is 18.9 Å². The number of hydrogen-bond donors (Lipinski definition) is 0. The summed E-state index contributed by atoms with van der Waals surface area (Å²) in [6.07, 6.45) is -1.86. The molecule has 2 aliphatic heterocycles. The highest BCUT2D eigenvalue weighted by Crippen LogP contribution is 2.41. The Kier molecular flexibility index (Phi) is 7.46. The molecule has 2 fully saturated rings. The molecule has 34 heavy (non-hydrogen) atoms. The van der Waals surface area contributed by atoms with Crippen LogP contribution in [0.1, 0.15) is 17.4 Å². The Morgan fingerprint density at radius 2 is 1.59 bits per heavy atom. The molecular formula is C26H25N3O4S. The molecule has 174 valence electrons. The SMILES string of the molecule is [N-]=[N+]=NC1[C@H](Sc2ccccc2)OC2CO[C@H](c3ccccc3)O[C@@H]2[C@H]1OCc1ccccc1. The van der Waals surface area contributed by atoms with Gasteiger partial charge in [-0.3, -0.25) is 0 Å². The summed E-state index contributed by atoms with van der Waals surface area (Å²) < 4.78 is 25.2. The molecule has 2 aliphatic rings. The Hall–Kier alpha value is -2.84. The molecule has 2 unspecified atom stereocenters. The van der Waals surface area contributed by atoms with Crippen molar-refractivity contribution in [2.24, 2.45) is 5.11 Å². The predicted molar refractivity (Wildman–Crippen MR) is 129 cm³/mol. The fourth-order valence-electron chi connectivity index (χ4n) is 4.21. The van der Waals surface area contributed by atoms with E-state index in [2.05, 4.69) is 10.0 Å². The number of nitrogens with zero attached hydrogens (tertiary/aromatic N) is 3. The Morgan fingerprint density at radius 3 is 2.29 bits per heavy atom. The van der Waals surface area contributed by atoms with Gasteiger partial charge >= 0.3 is 0 Å². The van der Waals surface area contributed by atoms with Crippen molar-refractivity contribution >= 4 is 11.8 Å². The Labute approximate surface area is 202 Å². The van der Waals surface area contributed by atoms with Gasteiger partial charge in [0.1, 0.15) is 23.7 Å². The molecule has 5 rings (SSSR count). The zero-order valence-electron chi connectivity index (χ0n) is 18.4. The van der Waals surface area contributed by atoms with E-state index >= 15 is 0 Å². The van der Waals surface area contributed by atoms with Crippen LogP contribution in [0.5, 0.6) is 0 Å². The van der Waals surface area contributed by atoms with Crippen molar-refractivity contribution < 1.29 is 18.9 Å². The van der Waals surface area contributed by atoms with Crippen molar-refractivity contribution in [2.45, 2.75) is 47.6 Å². The first-order valence-electron chi connectivity index (χ1n) is 11.2. The maximum absolute atomic E-state index is 9.40. The van der Waals surface area contributed by atoms with Gasteiger partial charge in [0.2, 0.25) is 0 Å². The molecule has 0 radical (unpaired) electrons. The molecule has 2 heterocycles. The fraction of sp³-hybridized carbons (Fsp3) is 0.308. The van der Waals surface area contributed by atoms with E-state index < -0.39 is 30.0 Å². The van der Waals surface area contributed by atoms with Crippen LogP contribution in [0.3, 0.4) is 0 Å². The zero-order valence-corrected chi connectivity index (χ0v) is 19.2. The van der Waals surface area contributed by atoms with Crippen LogP contribution in [0.2, 0.25) is 0 Å². The van der Waals surface area contributed by atoms with Crippen LogP contribution in [0.25, 0.3) is 10.4 Å². The average Bonchev–Trinajstić information content (AvgIpc) is 2.90. The lowest BCUT2D eigenvalue weighted by molar-refractivity contribution is -0.311. The fourth-order valence-corrected chi connectivity index (χ4v) is 5.34. The smallest absolute Gasteiger partial charge is 0.184 e. The van der Waals surface area contributed by atoms with Gasteiger partial charge in [0.25, 0.3) is 0 Å². The molecule has 0 aliphatic carbocycles. The van der Waals surface area contributed by atoms with Crippen molar-refractivity contribution in [3.8, 4) is 0 Å². The van der Waals surface area contributed by atoms with Gasteiger partial charge in [-0.05, 0) is 23.2 Å². The molecule has 0 amide bonds. The van der Waals surface area contributed by atoms with E-state index in [1.165, 1.54) is 11.8 Å². The van der Waals surface area contributed by atoms with Crippen LogP contribution >= 0.6 is 11.8 Å². The maximum atomic E-state index is 9.40. The largest absolute Gasteiger partial charge is 0.370 e. The number of ether oxygens (including phenoxy) is 4. The quantitative estimate of drug-likeness (QED) is 0.242. The topological polar surface area (TPSA) is 85.7 Å². The highest BCUT2D eigenvalue weighted by Gasteiger charge is 2.50. The molecule has 3 aromatic rings. The predicted octanol–water partition coefficient (Wildman–Crippen LogP) is 5.88. The number of thioether (sulfide) groups is 1. The first-order chi connectivity index (χ1) is 16.8. The highest BCUT2D eigenvalue weighted by atomic mass is 32.2. The molecule has 3 aromatic carbocycles. The summed E-state index contributed by atoms with van der Waals surface area (Å²) in [5.74, 6) is 0. The molecule has 0 aromatic heterocycles. The van der Waals surface area contributed by atoms with Gasteiger partial charge in [-0.25, -0.2) is 0 Å². The Morgan fingerprint density at radius 1 is 0.912 bits per heavy atom. The van der Waals surface area contributed by atoms with Gasteiger partial charge in [0, 0.05) is 15.4 Å². The first kappa shape index (κ1) is 22.9. The summed E-state index contributed by atoms with van der Waals surface area (Å²) in [6.45, 7) is 0.722. The van der Waals surface area contributed by atoms with Crippen LogP contribution in [-0.2, 0) is 25.6 Å². The molecule has 6 atom stereocenters. The van der Waals surface area contributed by atoms with Gasteiger partial charge < -0.3 is 18.9 Å². The number of rotatable bonds is 7. The third-order valence-corrected chi connectivity index (χ3v) is 7.01. The van der Waals surface area contributed by atoms with E-state index in [1.54, 1.807) is 0 Å². The van der Waals surface area contributed by atoms with Crippen molar-refractivity contribution in [1.29, 1.82) is 0 Å². The lowest BCUT2D eigenvalue weighted by Crippen LogP contribution is -2.61. The van der Waals surface area contributed by atoms with Gasteiger partial charge in [-0.15, -0.1) is 0 Å². The van der Waals surface area contributed by atoms with Crippen molar-refractivity contribution in [3.63, 3.8) is 0 Å². The molecular weight excluding hydrogens is 450 g/mol. The molecule has 7 nitrogen and oxygen atoms in total. The molecule has 0 saturated carbocycles. The van der Waals surface area contributed by atoms with Crippen molar-refractivity contribution in [2.75, 3.05) is 6.61 Å². The van der Waals surface area contributed by atoms with E-state index in [1.807, 2.05) is 91.0 Å². The molecule has 8 heteroatoms. The molecule has 0 bridgehead atoms. The van der Waals surface area contributed by atoms with E-state index in [0.29, 0.717) is 13.2 Å². The monoisotopic (exact) mass is 475 g/mol. The first-order valence-corrected chi connectivity index (χ1v) is 12.1. The van der Waals surface area contributed by atoms with Crippen molar-refractivity contribution in [3.05, 3.63) is 113 Å². The lowest BCUT2D eigenvalue weighted by Gasteiger charge is -2.48. The molecule has 0 N–H and O–H groups in total. The van der Waals surface area contributed by atoms with Crippen LogP contribution < -0.4 is 0 Å². The second-order valence-electron chi connectivity index (χ2n) is 8.11.